The number of rotatable bonds is 6. The highest BCUT2D eigenvalue weighted by Crippen LogP contribution is 2.24. The van der Waals surface area contributed by atoms with Gasteiger partial charge in [0.1, 0.15) is 11.1 Å². The summed E-state index contributed by atoms with van der Waals surface area (Å²) in [5.41, 5.74) is 0.647. The number of nitrogens with zero attached hydrogens (tertiary/aromatic N) is 4. The second kappa shape index (κ2) is 8.17. The minimum absolute atomic E-state index is 0.0973. The van der Waals surface area contributed by atoms with E-state index in [1.54, 1.807) is 10.7 Å². The van der Waals surface area contributed by atoms with Crippen molar-refractivity contribution in [1.29, 1.82) is 0 Å². The lowest BCUT2D eigenvalue weighted by molar-refractivity contribution is -0.383. The molecule has 2 aromatic carbocycles. The highest BCUT2D eigenvalue weighted by Gasteiger charge is 2.16. The van der Waals surface area contributed by atoms with Gasteiger partial charge in [-0.25, -0.2) is 9.67 Å². The number of nitro groups is 1. The van der Waals surface area contributed by atoms with E-state index in [9.17, 15) is 19.7 Å². The van der Waals surface area contributed by atoms with Crippen LogP contribution in [0.1, 0.15) is 0 Å². The summed E-state index contributed by atoms with van der Waals surface area (Å²) in [6, 6.07) is 15.1. The molecule has 30 heavy (non-hydrogen) atoms. The number of carbonyl (C=O) groups is 1. The Kier molecular flexibility index (Phi) is 5.26. The molecular formula is C19H14N6O4S. The van der Waals surface area contributed by atoms with Crippen LogP contribution in [0.4, 0.5) is 11.4 Å². The number of hydrogen-bond donors (Lipinski definition) is 2. The third-order valence-corrected chi connectivity index (χ3v) is 5.01. The summed E-state index contributed by atoms with van der Waals surface area (Å²) in [4.78, 5) is 42.1. The SMILES string of the molecule is O=C(CSc1nc2c(cnn2-c2ccccc2)c(=O)[nH]1)Nc1ccccc1[N+](=O)[O-]. The number of fused-ring (bicyclic) bond motifs is 1. The molecular weight excluding hydrogens is 408 g/mol. The van der Waals surface area contributed by atoms with Crippen molar-refractivity contribution in [3.8, 4) is 5.69 Å². The molecule has 2 heterocycles. The minimum Gasteiger partial charge on any atom is -0.320 e. The number of hydrogen-bond acceptors (Lipinski definition) is 7. The van der Waals surface area contributed by atoms with Gasteiger partial charge in [-0.05, 0) is 18.2 Å². The number of carbonyl (C=O) groups excluding carboxylic acids is 1. The van der Waals surface area contributed by atoms with Crippen molar-refractivity contribution in [2.24, 2.45) is 0 Å². The lowest BCUT2D eigenvalue weighted by atomic mass is 10.2. The Morgan fingerprint density at radius 2 is 1.90 bits per heavy atom. The number of anilines is 1. The third kappa shape index (κ3) is 3.91. The van der Waals surface area contributed by atoms with E-state index in [1.807, 2.05) is 30.3 Å². The van der Waals surface area contributed by atoms with E-state index in [0.29, 0.717) is 11.0 Å². The number of thioether (sulfide) groups is 1. The van der Waals surface area contributed by atoms with Crippen LogP contribution in [0, 0.1) is 10.1 Å². The van der Waals surface area contributed by atoms with E-state index in [0.717, 1.165) is 17.4 Å². The topological polar surface area (TPSA) is 136 Å². The molecule has 2 N–H and O–H groups in total. The Morgan fingerprint density at radius 3 is 2.67 bits per heavy atom. The molecule has 0 fully saturated rings. The smallest absolute Gasteiger partial charge is 0.292 e. The van der Waals surface area contributed by atoms with Gasteiger partial charge in [-0.2, -0.15) is 5.10 Å². The number of H-pyrrole nitrogens is 1. The minimum atomic E-state index is -0.569. The number of aromatic nitrogens is 4. The van der Waals surface area contributed by atoms with Gasteiger partial charge >= 0.3 is 0 Å². The molecule has 2 aromatic heterocycles. The quantitative estimate of drug-likeness (QED) is 0.211. The number of para-hydroxylation sites is 3. The van der Waals surface area contributed by atoms with Crippen LogP contribution in [0.15, 0.2) is 70.7 Å². The Hall–Kier alpha value is -3.99. The van der Waals surface area contributed by atoms with Gasteiger partial charge in [-0.1, -0.05) is 42.1 Å². The number of nitrogens with one attached hydrogen (secondary N) is 2. The molecule has 1 amide bonds. The average Bonchev–Trinajstić information content (AvgIpc) is 3.18. The highest BCUT2D eigenvalue weighted by atomic mass is 32.2. The standard InChI is InChI=1S/C19H14N6O4S/c26-16(21-14-8-4-5-9-15(14)25(28)29)11-30-19-22-17-13(18(27)23-19)10-20-24(17)12-6-2-1-3-7-12/h1-10H,11H2,(H,21,26)(H,22,23,27). The summed E-state index contributed by atoms with van der Waals surface area (Å²) >= 11 is 1.01. The van der Waals surface area contributed by atoms with Crippen LogP contribution >= 0.6 is 11.8 Å². The van der Waals surface area contributed by atoms with Crippen molar-refractivity contribution < 1.29 is 9.72 Å². The molecule has 0 spiro atoms. The van der Waals surface area contributed by atoms with Gasteiger partial charge in [0.15, 0.2) is 10.8 Å². The van der Waals surface area contributed by atoms with Crippen molar-refractivity contribution in [2.45, 2.75) is 5.16 Å². The van der Waals surface area contributed by atoms with Crippen LogP contribution < -0.4 is 10.9 Å². The van der Waals surface area contributed by atoms with Gasteiger partial charge in [0.05, 0.1) is 22.6 Å². The van der Waals surface area contributed by atoms with Gasteiger partial charge in [-0.3, -0.25) is 19.7 Å². The number of benzene rings is 2. The summed E-state index contributed by atoms with van der Waals surface area (Å²) < 4.78 is 1.54. The molecule has 0 aliphatic rings. The molecule has 0 bridgehead atoms. The van der Waals surface area contributed by atoms with E-state index in [4.69, 9.17) is 0 Å². The zero-order valence-electron chi connectivity index (χ0n) is 15.3. The molecule has 10 nitrogen and oxygen atoms in total. The van der Waals surface area contributed by atoms with Crippen LogP contribution in [0.3, 0.4) is 0 Å². The molecule has 0 unspecified atom stereocenters. The Morgan fingerprint density at radius 1 is 1.17 bits per heavy atom. The Bertz CT molecular complexity index is 1300. The lowest BCUT2D eigenvalue weighted by Crippen LogP contribution is -2.16. The fourth-order valence-electron chi connectivity index (χ4n) is 2.78. The highest BCUT2D eigenvalue weighted by molar-refractivity contribution is 7.99. The fourth-order valence-corrected chi connectivity index (χ4v) is 3.44. The first-order valence-electron chi connectivity index (χ1n) is 8.72. The zero-order chi connectivity index (χ0) is 21.1. The molecule has 0 aliphatic heterocycles. The maximum Gasteiger partial charge on any atom is 0.292 e. The van der Waals surface area contributed by atoms with Gasteiger partial charge in [0, 0.05) is 6.07 Å². The molecule has 0 radical (unpaired) electrons. The van der Waals surface area contributed by atoms with Gasteiger partial charge in [0.2, 0.25) is 5.91 Å². The van der Waals surface area contributed by atoms with E-state index in [1.165, 1.54) is 24.4 Å². The van der Waals surface area contributed by atoms with Crippen molar-refractivity contribution in [3.05, 3.63) is 81.3 Å². The van der Waals surface area contributed by atoms with Crippen LogP contribution in [-0.2, 0) is 4.79 Å². The number of nitro benzene ring substituents is 1. The molecule has 0 atom stereocenters. The van der Waals surface area contributed by atoms with Crippen LogP contribution in [0.25, 0.3) is 16.7 Å². The van der Waals surface area contributed by atoms with Crippen LogP contribution in [-0.4, -0.2) is 36.3 Å². The largest absolute Gasteiger partial charge is 0.320 e. The zero-order valence-corrected chi connectivity index (χ0v) is 16.1. The molecule has 0 aliphatic carbocycles. The molecule has 0 saturated heterocycles. The molecule has 11 heteroatoms. The summed E-state index contributed by atoms with van der Waals surface area (Å²) in [5, 5.41) is 18.4. The molecule has 0 saturated carbocycles. The lowest BCUT2D eigenvalue weighted by Gasteiger charge is -2.06. The average molecular weight is 422 g/mol. The van der Waals surface area contributed by atoms with E-state index in [-0.39, 0.29) is 27.8 Å². The van der Waals surface area contributed by atoms with E-state index < -0.39 is 10.8 Å². The molecule has 150 valence electrons. The predicted molar refractivity (Wildman–Crippen MR) is 112 cm³/mol. The first-order valence-corrected chi connectivity index (χ1v) is 9.71. The predicted octanol–water partition coefficient (Wildman–Crippen LogP) is 2.75. The Labute approximate surface area is 173 Å². The summed E-state index contributed by atoms with van der Waals surface area (Å²) in [6.07, 6.45) is 1.43. The van der Waals surface area contributed by atoms with Crippen molar-refractivity contribution in [1.82, 2.24) is 19.7 Å². The first-order chi connectivity index (χ1) is 14.5. The Balaban J connectivity index is 1.54. The van der Waals surface area contributed by atoms with Crippen molar-refractivity contribution in [3.63, 3.8) is 0 Å². The number of aromatic amines is 1. The van der Waals surface area contributed by atoms with E-state index >= 15 is 0 Å². The second-order valence-electron chi connectivity index (χ2n) is 6.11. The third-order valence-electron chi connectivity index (χ3n) is 4.13. The van der Waals surface area contributed by atoms with Crippen molar-refractivity contribution >= 4 is 40.1 Å². The van der Waals surface area contributed by atoms with Gasteiger partial charge in [-0.15, -0.1) is 0 Å². The van der Waals surface area contributed by atoms with Gasteiger partial charge < -0.3 is 10.3 Å². The van der Waals surface area contributed by atoms with Crippen molar-refractivity contribution in [2.75, 3.05) is 11.1 Å². The normalized spacial score (nSPS) is 10.8. The summed E-state index contributed by atoms with van der Waals surface area (Å²) in [5.74, 6) is -0.561. The maximum absolute atomic E-state index is 12.4. The molecule has 4 rings (SSSR count). The van der Waals surface area contributed by atoms with Crippen LogP contribution in [0.5, 0.6) is 0 Å². The second-order valence-corrected chi connectivity index (χ2v) is 7.08. The summed E-state index contributed by atoms with van der Waals surface area (Å²) in [6.45, 7) is 0. The van der Waals surface area contributed by atoms with Gasteiger partial charge in [0.25, 0.3) is 11.2 Å². The number of amides is 1. The van der Waals surface area contributed by atoms with Crippen LogP contribution in [0.2, 0.25) is 0 Å². The maximum atomic E-state index is 12.4. The van der Waals surface area contributed by atoms with E-state index in [2.05, 4.69) is 20.4 Å². The fraction of sp³-hybridized carbons (Fsp3) is 0.0526. The molecule has 4 aromatic rings. The monoisotopic (exact) mass is 422 g/mol. The first kappa shape index (κ1) is 19.3. The summed E-state index contributed by atoms with van der Waals surface area (Å²) in [7, 11) is 0.